The SMILES string of the molecule is Cc1ccc(NC(=O)CN2CCc3cc4c(cc3[C@H]2C)OCCCO4)cc1. The Morgan fingerprint density at radius 2 is 1.85 bits per heavy atom. The molecule has 1 N–H and O–H groups in total. The van der Waals surface area contributed by atoms with Crippen LogP contribution in [0, 0.1) is 6.92 Å². The smallest absolute Gasteiger partial charge is 0.238 e. The van der Waals surface area contributed by atoms with E-state index in [4.69, 9.17) is 9.47 Å². The Labute approximate surface area is 160 Å². The molecule has 5 nitrogen and oxygen atoms in total. The van der Waals surface area contributed by atoms with Crippen LogP contribution in [0.2, 0.25) is 0 Å². The van der Waals surface area contributed by atoms with Gasteiger partial charge in [-0.1, -0.05) is 17.7 Å². The van der Waals surface area contributed by atoms with Crippen LogP contribution in [0.1, 0.15) is 36.1 Å². The van der Waals surface area contributed by atoms with E-state index in [-0.39, 0.29) is 11.9 Å². The van der Waals surface area contributed by atoms with E-state index >= 15 is 0 Å². The fraction of sp³-hybridized carbons (Fsp3) is 0.409. The van der Waals surface area contributed by atoms with Crippen molar-refractivity contribution in [1.82, 2.24) is 4.90 Å². The van der Waals surface area contributed by atoms with Crippen molar-refractivity contribution in [2.75, 3.05) is 31.6 Å². The summed E-state index contributed by atoms with van der Waals surface area (Å²) in [6.45, 7) is 6.81. The second-order valence-electron chi connectivity index (χ2n) is 7.36. The highest BCUT2D eigenvalue weighted by Crippen LogP contribution is 2.38. The molecule has 2 aromatic carbocycles. The Bertz CT molecular complexity index is 832. The Kier molecular flexibility index (Phi) is 5.03. The van der Waals surface area contributed by atoms with Gasteiger partial charge in [-0.2, -0.15) is 0 Å². The molecule has 1 atom stereocenters. The molecule has 0 bridgehead atoms. The fourth-order valence-corrected chi connectivity index (χ4v) is 3.76. The van der Waals surface area contributed by atoms with Crippen molar-refractivity contribution in [1.29, 1.82) is 0 Å². The first kappa shape index (κ1) is 17.9. The number of fused-ring (bicyclic) bond motifs is 2. The lowest BCUT2D eigenvalue weighted by molar-refractivity contribution is -0.117. The lowest BCUT2D eigenvalue weighted by atomic mass is 9.93. The third-order valence-electron chi connectivity index (χ3n) is 5.36. The molecule has 0 aliphatic carbocycles. The molecular formula is C22H26N2O3. The van der Waals surface area contributed by atoms with Crippen molar-refractivity contribution in [2.45, 2.75) is 32.7 Å². The number of aryl methyl sites for hydroxylation is 1. The molecule has 5 heteroatoms. The minimum atomic E-state index is 0.0171. The van der Waals surface area contributed by atoms with Crippen LogP contribution < -0.4 is 14.8 Å². The number of rotatable bonds is 3. The number of carbonyl (C=O) groups excluding carboxylic acids is 1. The van der Waals surface area contributed by atoms with Crippen molar-refractivity contribution in [3.8, 4) is 11.5 Å². The standard InChI is InChI=1S/C22H26N2O3/c1-15-4-6-18(7-5-15)23-22(25)14-24-9-8-17-12-20-21(13-19(17)16(24)2)27-11-3-10-26-20/h4-7,12-13,16H,3,8-11,14H2,1-2H3,(H,23,25)/t16-/m1/s1. The molecule has 2 aromatic rings. The number of nitrogens with zero attached hydrogens (tertiary/aromatic N) is 1. The number of benzene rings is 2. The number of amides is 1. The first-order chi connectivity index (χ1) is 13.1. The van der Waals surface area contributed by atoms with Gasteiger partial charge in [0, 0.05) is 24.7 Å². The van der Waals surface area contributed by atoms with Gasteiger partial charge in [0.15, 0.2) is 11.5 Å². The van der Waals surface area contributed by atoms with Crippen molar-refractivity contribution in [3.05, 3.63) is 53.1 Å². The van der Waals surface area contributed by atoms with Crippen molar-refractivity contribution < 1.29 is 14.3 Å². The lowest BCUT2D eigenvalue weighted by Gasteiger charge is -2.35. The lowest BCUT2D eigenvalue weighted by Crippen LogP contribution is -2.39. The van der Waals surface area contributed by atoms with Gasteiger partial charge >= 0.3 is 0 Å². The topological polar surface area (TPSA) is 50.8 Å². The third-order valence-corrected chi connectivity index (χ3v) is 5.36. The van der Waals surface area contributed by atoms with Crippen LogP contribution in [0.4, 0.5) is 5.69 Å². The van der Waals surface area contributed by atoms with Gasteiger partial charge < -0.3 is 14.8 Å². The largest absolute Gasteiger partial charge is 0.490 e. The van der Waals surface area contributed by atoms with Crippen LogP contribution in [0.5, 0.6) is 11.5 Å². The summed E-state index contributed by atoms with van der Waals surface area (Å²) in [7, 11) is 0. The molecule has 0 fully saturated rings. The van der Waals surface area contributed by atoms with Crippen LogP contribution in [0.15, 0.2) is 36.4 Å². The highest BCUT2D eigenvalue weighted by molar-refractivity contribution is 5.92. The molecule has 2 aliphatic rings. The molecule has 0 radical (unpaired) electrons. The molecule has 0 saturated carbocycles. The van der Waals surface area contributed by atoms with E-state index in [1.165, 1.54) is 16.7 Å². The number of hydrogen-bond acceptors (Lipinski definition) is 4. The highest BCUT2D eigenvalue weighted by atomic mass is 16.5. The molecule has 142 valence electrons. The third kappa shape index (κ3) is 3.93. The monoisotopic (exact) mass is 366 g/mol. The summed E-state index contributed by atoms with van der Waals surface area (Å²) in [4.78, 5) is 14.7. The van der Waals surface area contributed by atoms with E-state index < -0.39 is 0 Å². The van der Waals surface area contributed by atoms with E-state index in [1.54, 1.807) is 0 Å². The average molecular weight is 366 g/mol. The highest BCUT2D eigenvalue weighted by Gasteiger charge is 2.27. The van der Waals surface area contributed by atoms with Gasteiger partial charge in [0.25, 0.3) is 0 Å². The molecule has 0 spiro atoms. The van der Waals surface area contributed by atoms with E-state index in [0.29, 0.717) is 19.8 Å². The number of nitrogens with one attached hydrogen (secondary N) is 1. The average Bonchev–Trinajstić information content (AvgIpc) is 2.89. The maximum absolute atomic E-state index is 12.5. The quantitative estimate of drug-likeness (QED) is 0.900. The number of ether oxygens (including phenoxy) is 2. The van der Waals surface area contributed by atoms with Gasteiger partial charge in [0.05, 0.1) is 19.8 Å². The van der Waals surface area contributed by atoms with Crippen LogP contribution in [0.3, 0.4) is 0 Å². The van der Waals surface area contributed by atoms with Crippen LogP contribution in [0.25, 0.3) is 0 Å². The Morgan fingerprint density at radius 3 is 2.59 bits per heavy atom. The minimum Gasteiger partial charge on any atom is -0.490 e. The normalized spacial score (nSPS) is 19.1. The Hall–Kier alpha value is -2.53. The van der Waals surface area contributed by atoms with E-state index in [2.05, 4.69) is 29.3 Å². The van der Waals surface area contributed by atoms with Crippen molar-refractivity contribution in [2.24, 2.45) is 0 Å². The van der Waals surface area contributed by atoms with Gasteiger partial charge in [0.1, 0.15) is 0 Å². The molecule has 2 heterocycles. The zero-order chi connectivity index (χ0) is 18.8. The van der Waals surface area contributed by atoms with Gasteiger partial charge in [-0.15, -0.1) is 0 Å². The maximum Gasteiger partial charge on any atom is 0.238 e. The number of anilines is 1. The summed E-state index contributed by atoms with van der Waals surface area (Å²) in [5.74, 6) is 1.69. The first-order valence-electron chi connectivity index (χ1n) is 9.63. The number of carbonyl (C=O) groups is 1. The van der Waals surface area contributed by atoms with E-state index in [9.17, 15) is 4.79 Å². The molecule has 1 amide bonds. The minimum absolute atomic E-state index is 0.0171. The molecule has 2 aliphatic heterocycles. The Morgan fingerprint density at radius 1 is 1.15 bits per heavy atom. The summed E-state index contributed by atoms with van der Waals surface area (Å²) >= 11 is 0. The first-order valence-corrected chi connectivity index (χ1v) is 9.63. The predicted octanol–water partition coefficient (Wildman–Crippen LogP) is 3.71. The second kappa shape index (κ2) is 7.61. The zero-order valence-corrected chi connectivity index (χ0v) is 16.0. The molecule has 0 aromatic heterocycles. The van der Waals surface area contributed by atoms with Crippen molar-refractivity contribution >= 4 is 11.6 Å². The second-order valence-corrected chi connectivity index (χ2v) is 7.36. The predicted molar refractivity (Wildman–Crippen MR) is 106 cm³/mol. The maximum atomic E-state index is 12.5. The summed E-state index contributed by atoms with van der Waals surface area (Å²) in [6.07, 6.45) is 1.81. The molecule has 27 heavy (non-hydrogen) atoms. The molecule has 0 unspecified atom stereocenters. The van der Waals surface area contributed by atoms with Crippen LogP contribution in [-0.4, -0.2) is 37.1 Å². The van der Waals surface area contributed by atoms with Gasteiger partial charge in [-0.3, -0.25) is 9.69 Å². The van der Waals surface area contributed by atoms with Gasteiger partial charge in [0.2, 0.25) is 5.91 Å². The zero-order valence-electron chi connectivity index (χ0n) is 16.0. The Balaban J connectivity index is 1.46. The fourth-order valence-electron chi connectivity index (χ4n) is 3.76. The van der Waals surface area contributed by atoms with E-state index in [1.807, 2.05) is 31.2 Å². The molecule has 0 saturated heterocycles. The number of hydrogen-bond donors (Lipinski definition) is 1. The summed E-state index contributed by atoms with van der Waals surface area (Å²) in [6, 6.07) is 12.3. The van der Waals surface area contributed by atoms with Crippen LogP contribution >= 0.6 is 0 Å². The summed E-state index contributed by atoms with van der Waals surface area (Å²) in [5.41, 5.74) is 4.54. The van der Waals surface area contributed by atoms with Gasteiger partial charge in [-0.05, 0) is 55.7 Å². The van der Waals surface area contributed by atoms with Gasteiger partial charge in [-0.25, -0.2) is 0 Å². The summed E-state index contributed by atoms with van der Waals surface area (Å²) in [5, 5.41) is 2.99. The van der Waals surface area contributed by atoms with Crippen LogP contribution in [-0.2, 0) is 11.2 Å². The summed E-state index contributed by atoms with van der Waals surface area (Å²) < 4.78 is 11.7. The molecular weight excluding hydrogens is 340 g/mol. The van der Waals surface area contributed by atoms with E-state index in [0.717, 1.165) is 36.6 Å². The van der Waals surface area contributed by atoms with Crippen molar-refractivity contribution in [3.63, 3.8) is 0 Å². The molecule has 4 rings (SSSR count).